The molecule has 1 atom stereocenters. The first-order valence-corrected chi connectivity index (χ1v) is 9.79. The van der Waals surface area contributed by atoms with Crippen molar-refractivity contribution in [3.05, 3.63) is 59.8 Å². The summed E-state index contributed by atoms with van der Waals surface area (Å²) in [4.78, 5) is 20.8. The molecule has 1 aliphatic rings. The molecule has 2 aromatic carbocycles. The van der Waals surface area contributed by atoms with Gasteiger partial charge in [0.25, 0.3) is 0 Å². The Morgan fingerprint density at radius 2 is 1.96 bits per heavy atom. The first kappa shape index (κ1) is 18.6. The zero-order valence-electron chi connectivity index (χ0n) is 16.7. The summed E-state index contributed by atoms with van der Waals surface area (Å²) in [5, 5.41) is 1.02. The van der Waals surface area contributed by atoms with Crippen LogP contribution >= 0.6 is 0 Å². The largest absolute Gasteiger partial charge is 0.497 e. The highest BCUT2D eigenvalue weighted by molar-refractivity contribution is 6.08. The molecule has 0 aliphatic carbocycles. The van der Waals surface area contributed by atoms with E-state index in [-0.39, 0.29) is 5.78 Å². The summed E-state index contributed by atoms with van der Waals surface area (Å²) >= 11 is 0. The first-order chi connectivity index (χ1) is 13.5. The first-order valence-electron chi connectivity index (χ1n) is 9.79. The molecule has 0 amide bonds. The molecule has 0 saturated carbocycles. The number of carbonyl (C=O) groups is 1. The van der Waals surface area contributed by atoms with E-state index in [4.69, 9.17) is 4.74 Å². The summed E-state index contributed by atoms with van der Waals surface area (Å²) in [5.41, 5.74) is 4.19. The highest BCUT2D eigenvalue weighted by Gasteiger charge is 2.26. The smallest absolute Gasteiger partial charge is 0.178 e. The van der Waals surface area contributed by atoms with Crippen LogP contribution < -0.4 is 9.64 Å². The van der Waals surface area contributed by atoms with E-state index in [2.05, 4.69) is 52.9 Å². The minimum atomic E-state index is 0.182. The Morgan fingerprint density at radius 1 is 1.18 bits per heavy atom. The highest BCUT2D eigenvalue weighted by Crippen LogP contribution is 2.24. The van der Waals surface area contributed by atoms with Gasteiger partial charge in [0.15, 0.2) is 5.78 Å². The second kappa shape index (κ2) is 7.68. The standard InChI is InChI=1S/C23H27N3O2/c1-16-4-9-22-20(12-16)21(13-24-22)23(27)15-25-10-11-26(17(2)14-25)18-5-7-19(28-3)8-6-18/h4-9,12-13,17,24H,10-11,14-15H2,1-3H3. The third-order valence-corrected chi connectivity index (χ3v) is 5.62. The van der Waals surface area contributed by atoms with Crippen LogP contribution in [0.1, 0.15) is 22.8 Å². The van der Waals surface area contributed by atoms with Crippen LogP contribution in [-0.2, 0) is 0 Å². The molecule has 4 rings (SSSR count). The summed E-state index contributed by atoms with van der Waals surface area (Å²) < 4.78 is 5.25. The van der Waals surface area contributed by atoms with Crippen LogP contribution in [0.4, 0.5) is 5.69 Å². The third-order valence-electron chi connectivity index (χ3n) is 5.62. The van der Waals surface area contributed by atoms with Crippen molar-refractivity contribution in [1.82, 2.24) is 9.88 Å². The summed E-state index contributed by atoms with van der Waals surface area (Å²) in [6, 6.07) is 14.7. The van der Waals surface area contributed by atoms with Crippen LogP contribution in [0.3, 0.4) is 0 Å². The number of hydrogen-bond donors (Lipinski definition) is 1. The summed E-state index contributed by atoms with van der Waals surface area (Å²) in [6.07, 6.45) is 1.85. The zero-order chi connectivity index (χ0) is 19.7. The third kappa shape index (κ3) is 3.62. The number of anilines is 1. The average molecular weight is 377 g/mol. The molecule has 1 aliphatic heterocycles. The molecule has 0 spiro atoms. The van der Waals surface area contributed by atoms with Gasteiger partial charge >= 0.3 is 0 Å². The van der Waals surface area contributed by atoms with Gasteiger partial charge in [-0.1, -0.05) is 11.6 Å². The SMILES string of the molecule is COc1ccc(N2CCN(CC(=O)c3c[nH]c4ccc(C)cc34)CC2C)cc1. The van der Waals surface area contributed by atoms with E-state index < -0.39 is 0 Å². The molecule has 1 N–H and O–H groups in total. The fraction of sp³-hybridized carbons (Fsp3) is 0.348. The number of hydrogen-bond acceptors (Lipinski definition) is 4. The number of ketones is 1. The van der Waals surface area contributed by atoms with E-state index in [9.17, 15) is 4.79 Å². The Kier molecular flexibility index (Phi) is 5.09. The van der Waals surface area contributed by atoms with Crippen LogP contribution in [0.5, 0.6) is 5.75 Å². The Morgan fingerprint density at radius 3 is 2.68 bits per heavy atom. The van der Waals surface area contributed by atoms with E-state index in [1.807, 2.05) is 24.4 Å². The van der Waals surface area contributed by atoms with Crippen LogP contribution in [0.2, 0.25) is 0 Å². The molecule has 3 aromatic rings. The van der Waals surface area contributed by atoms with Crippen molar-refractivity contribution in [2.24, 2.45) is 0 Å². The Hall–Kier alpha value is -2.79. The van der Waals surface area contributed by atoms with E-state index in [1.165, 1.54) is 11.3 Å². The molecule has 1 fully saturated rings. The minimum absolute atomic E-state index is 0.182. The van der Waals surface area contributed by atoms with Gasteiger partial charge in [-0.05, 0) is 50.2 Å². The number of aromatic nitrogens is 1. The van der Waals surface area contributed by atoms with Crippen LogP contribution in [-0.4, -0.2) is 55.0 Å². The molecule has 0 radical (unpaired) electrons. The van der Waals surface area contributed by atoms with Crippen LogP contribution in [0.25, 0.3) is 10.9 Å². The molecule has 1 saturated heterocycles. The molecule has 0 bridgehead atoms. The van der Waals surface area contributed by atoms with Gasteiger partial charge in [-0.25, -0.2) is 0 Å². The summed E-state index contributed by atoms with van der Waals surface area (Å²) in [6.45, 7) is 7.40. The molecule has 2 heterocycles. The Balaban J connectivity index is 1.42. The monoisotopic (exact) mass is 377 g/mol. The second-order valence-electron chi connectivity index (χ2n) is 7.65. The quantitative estimate of drug-likeness (QED) is 0.686. The van der Waals surface area contributed by atoms with Crippen molar-refractivity contribution < 1.29 is 9.53 Å². The number of piperazine rings is 1. The molecule has 1 unspecified atom stereocenters. The molecular weight excluding hydrogens is 350 g/mol. The van der Waals surface area contributed by atoms with E-state index in [0.717, 1.165) is 41.9 Å². The van der Waals surface area contributed by atoms with E-state index >= 15 is 0 Å². The number of aromatic amines is 1. The second-order valence-corrected chi connectivity index (χ2v) is 7.65. The highest BCUT2D eigenvalue weighted by atomic mass is 16.5. The van der Waals surface area contributed by atoms with Gasteiger partial charge in [-0.2, -0.15) is 0 Å². The van der Waals surface area contributed by atoms with E-state index in [0.29, 0.717) is 12.6 Å². The maximum atomic E-state index is 12.9. The number of benzene rings is 2. The van der Waals surface area contributed by atoms with Crippen molar-refractivity contribution >= 4 is 22.4 Å². The molecule has 1 aromatic heterocycles. The fourth-order valence-electron chi connectivity index (χ4n) is 4.09. The number of ether oxygens (including phenoxy) is 1. The van der Waals surface area contributed by atoms with Crippen LogP contribution in [0, 0.1) is 6.92 Å². The van der Waals surface area contributed by atoms with Crippen molar-refractivity contribution in [1.29, 1.82) is 0 Å². The predicted molar refractivity (Wildman–Crippen MR) is 114 cm³/mol. The number of aryl methyl sites for hydroxylation is 1. The number of fused-ring (bicyclic) bond motifs is 1. The lowest BCUT2D eigenvalue weighted by molar-refractivity contribution is 0.0919. The maximum Gasteiger partial charge on any atom is 0.178 e. The predicted octanol–water partition coefficient (Wildman–Crippen LogP) is 3.88. The lowest BCUT2D eigenvalue weighted by Gasteiger charge is -2.41. The average Bonchev–Trinajstić information content (AvgIpc) is 3.11. The van der Waals surface area contributed by atoms with Gasteiger partial charge in [0.05, 0.1) is 13.7 Å². The van der Waals surface area contributed by atoms with Crippen molar-refractivity contribution in [2.75, 3.05) is 38.2 Å². The zero-order valence-corrected chi connectivity index (χ0v) is 16.7. The van der Waals surface area contributed by atoms with Gasteiger partial charge < -0.3 is 14.6 Å². The van der Waals surface area contributed by atoms with Gasteiger partial charge in [0.1, 0.15) is 5.75 Å². The number of rotatable bonds is 5. The lowest BCUT2D eigenvalue weighted by atomic mass is 10.1. The van der Waals surface area contributed by atoms with Gasteiger partial charge in [-0.15, -0.1) is 0 Å². The Bertz CT molecular complexity index is 977. The number of methoxy groups -OCH3 is 1. The van der Waals surface area contributed by atoms with Gasteiger partial charge in [-0.3, -0.25) is 9.69 Å². The van der Waals surface area contributed by atoms with Crippen molar-refractivity contribution in [3.8, 4) is 5.75 Å². The topological polar surface area (TPSA) is 48.6 Å². The molecule has 5 nitrogen and oxygen atoms in total. The maximum absolute atomic E-state index is 12.9. The molecular formula is C23H27N3O2. The molecule has 146 valence electrons. The van der Waals surface area contributed by atoms with Crippen LogP contribution in [0.15, 0.2) is 48.7 Å². The Labute approximate surface area is 165 Å². The molecule has 5 heteroatoms. The number of Topliss-reactive ketones (excluding diaryl/α,β-unsaturated/α-hetero) is 1. The van der Waals surface area contributed by atoms with E-state index in [1.54, 1.807) is 7.11 Å². The number of carbonyl (C=O) groups excluding carboxylic acids is 1. The van der Waals surface area contributed by atoms with Gasteiger partial charge in [0.2, 0.25) is 0 Å². The van der Waals surface area contributed by atoms with Crippen molar-refractivity contribution in [3.63, 3.8) is 0 Å². The number of nitrogens with one attached hydrogen (secondary N) is 1. The summed E-state index contributed by atoms with van der Waals surface area (Å²) in [5.74, 6) is 1.05. The number of nitrogens with zero attached hydrogens (tertiary/aromatic N) is 2. The van der Waals surface area contributed by atoms with Gasteiger partial charge in [0, 0.05) is 54.0 Å². The minimum Gasteiger partial charge on any atom is -0.497 e. The normalized spacial score (nSPS) is 17.8. The van der Waals surface area contributed by atoms with Crippen molar-refractivity contribution in [2.45, 2.75) is 19.9 Å². The fourth-order valence-corrected chi connectivity index (χ4v) is 4.09. The summed E-state index contributed by atoms with van der Waals surface area (Å²) in [7, 11) is 1.68. The molecule has 28 heavy (non-hydrogen) atoms. The number of H-pyrrole nitrogens is 1. The lowest BCUT2D eigenvalue weighted by Crippen LogP contribution is -2.53.